The molecule has 3 rings (SSSR count). The molecule has 0 saturated carbocycles. The minimum atomic E-state index is -0.293. The molecule has 0 fully saturated rings. The molecule has 0 amide bonds. The van der Waals surface area contributed by atoms with Crippen LogP contribution in [0.2, 0.25) is 0 Å². The van der Waals surface area contributed by atoms with Gasteiger partial charge in [0.1, 0.15) is 11.9 Å². The number of hydrogen-bond donors (Lipinski definition) is 1. The van der Waals surface area contributed by atoms with E-state index in [-0.39, 0.29) is 18.6 Å². The van der Waals surface area contributed by atoms with E-state index in [1.165, 1.54) is 0 Å². The van der Waals surface area contributed by atoms with E-state index in [1.807, 2.05) is 30.3 Å². The van der Waals surface area contributed by atoms with Crippen molar-refractivity contribution in [3.8, 4) is 17.2 Å². The second-order valence-corrected chi connectivity index (χ2v) is 7.01. The Morgan fingerprint density at radius 1 is 1.04 bits per heavy atom. The third kappa shape index (κ3) is 2.95. The van der Waals surface area contributed by atoms with Crippen LogP contribution < -0.4 is 14.2 Å². The maximum absolute atomic E-state index is 9.89. The Morgan fingerprint density at radius 3 is 2.39 bits per heavy atom. The lowest BCUT2D eigenvalue weighted by molar-refractivity contribution is 0.159. The second-order valence-electron chi connectivity index (χ2n) is 5.24. The van der Waals surface area contributed by atoms with Gasteiger partial charge in [0, 0.05) is 20.1 Å². The van der Waals surface area contributed by atoms with Crippen LogP contribution in [0.3, 0.4) is 0 Å². The highest BCUT2D eigenvalue weighted by molar-refractivity contribution is 9.10. The molecule has 1 aliphatic rings. The Labute approximate surface area is 151 Å². The Hall–Kier alpha value is -1.24. The second kappa shape index (κ2) is 6.71. The van der Waals surface area contributed by atoms with E-state index in [2.05, 4.69) is 31.9 Å². The summed E-state index contributed by atoms with van der Waals surface area (Å²) in [5, 5.41) is 9.89. The van der Waals surface area contributed by atoms with E-state index in [9.17, 15) is 5.11 Å². The zero-order valence-electron chi connectivity index (χ0n) is 12.7. The van der Waals surface area contributed by atoms with Crippen LogP contribution in [0.1, 0.15) is 23.1 Å². The predicted octanol–water partition coefficient (Wildman–Crippen LogP) is 4.44. The number of aliphatic hydroxyl groups excluding tert-OH is 1. The summed E-state index contributed by atoms with van der Waals surface area (Å²) in [6.07, 6.45) is -0.293. The van der Waals surface area contributed by atoms with Crippen LogP contribution >= 0.6 is 31.9 Å². The van der Waals surface area contributed by atoms with Crippen LogP contribution in [-0.4, -0.2) is 25.9 Å². The minimum absolute atomic E-state index is 0.00505. The van der Waals surface area contributed by atoms with Crippen molar-refractivity contribution in [1.82, 2.24) is 0 Å². The number of halogens is 2. The molecule has 0 saturated heterocycles. The molecule has 0 aliphatic carbocycles. The number of methoxy groups -OCH3 is 2. The highest BCUT2D eigenvalue weighted by Crippen LogP contribution is 2.49. The smallest absolute Gasteiger partial charge is 0.161 e. The number of aliphatic hydroxyl groups is 1. The molecular weight excluding hydrogens is 428 g/mol. The van der Waals surface area contributed by atoms with E-state index in [0.717, 1.165) is 25.8 Å². The lowest BCUT2D eigenvalue weighted by atomic mass is 9.91. The average Bonchev–Trinajstić information content (AvgIpc) is 2.91. The molecule has 0 unspecified atom stereocenters. The van der Waals surface area contributed by atoms with E-state index in [4.69, 9.17) is 14.2 Å². The van der Waals surface area contributed by atoms with Crippen LogP contribution in [-0.2, 0) is 0 Å². The first kappa shape index (κ1) is 16.6. The van der Waals surface area contributed by atoms with Crippen LogP contribution in [0.25, 0.3) is 0 Å². The van der Waals surface area contributed by atoms with Crippen molar-refractivity contribution < 1.29 is 19.3 Å². The molecule has 0 radical (unpaired) electrons. The molecule has 2 atom stereocenters. The molecule has 0 aromatic heterocycles. The van der Waals surface area contributed by atoms with Gasteiger partial charge < -0.3 is 19.3 Å². The normalized spacial score (nSPS) is 19.2. The molecule has 2 aromatic rings. The van der Waals surface area contributed by atoms with Gasteiger partial charge in [-0.1, -0.05) is 31.9 Å². The highest BCUT2D eigenvalue weighted by Gasteiger charge is 2.36. The van der Waals surface area contributed by atoms with Crippen LogP contribution in [0.4, 0.5) is 0 Å². The molecule has 122 valence electrons. The van der Waals surface area contributed by atoms with Crippen molar-refractivity contribution >= 4 is 31.9 Å². The Morgan fingerprint density at radius 2 is 1.74 bits per heavy atom. The van der Waals surface area contributed by atoms with E-state index < -0.39 is 0 Å². The summed E-state index contributed by atoms with van der Waals surface area (Å²) in [7, 11) is 3.19. The summed E-state index contributed by atoms with van der Waals surface area (Å²) in [5.74, 6) is 1.92. The fraction of sp³-hybridized carbons (Fsp3) is 0.294. The Balaban J connectivity index is 2.06. The maximum atomic E-state index is 9.89. The first-order chi connectivity index (χ1) is 11.1. The van der Waals surface area contributed by atoms with Crippen molar-refractivity contribution in [2.24, 2.45) is 0 Å². The molecule has 4 nitrogen and oxygen atoms in total. The summed E-state index contributed by atoms with van der Waals surface area (Å²) < 4.78 is 18.6. The van der Waals surface area contributed by atoms with Gasteiger partial charge in [-0.05, 0) is 30.3 Å². The number of ether oxygens (including phenoxy) is 3. The lowest BCUT2D eigenvalue weighted by Crippen LogP contribution is -2.14. The molecular formula is C17H16Br2O4. The summed E-state index contributed by atoms with van der Waals surface area (Å²) >= 11 is 7.04. The monoisotopic (exact) mass is 442 g/mol. The summed E-state index contributed by atoms with van der Waals surface area (Å²) in [6, 6.07) is 9.57. The van der Waals surface area contributed by atoms with E-state index in [0.29, 0.717) is 11.5 Å². The zero-order valence-corrected chi connectivity index (χ0v) is 15.8. The molecule has 6 heteroatoms. The Bertz CT molecular complexity index is 733. The zero-order chi connectivity index (χ0) is 16.6. The quantitative estimate of drug-likeness (QED) is 0.758. The van der Waals surface area contributed by atoms with Crippen LogP contribution in [0.15, 0.2) is 39.3 Å². The Kier molecular flexibility index (Phi) is 4.85. The number of fused-ring (bicyclic) bond motifs is 1. The van der Waals surface area contributed by atoms with Crippen molar-refractivity contribution in [1.29, 1.82) is 0 Å². The van der Waals surface area contributed by atoms with Crippen molar-refractivity contribution in [3.63, 3.8) is 0 Å². The van der Waals surface area contributed by atoms with Gasteiger partial charge in [0.2, 0.25) is 0 Å². The SMILES string of the molecule is COc1cc(Br)c([C@H]2Oc3ccc(Br)cc3[C@@H]2CO)cc1OC. The highest BCUT2D eigenvalue weighted by atomic mass is 79.9. The average molecular weight is 444 g/mol. The van der Waals surface area contributed by atoms with Crippen LogP contribution in [0, 0.1) is 0 Å². The van der Waals surface area contributed by atoms with Crippen molar-refractivity contribution in [3.05, 3.63) is 50.4 Å². The standard InChI is InChI=1S/C17H16Br2O4/c1-21-15-6-11(13(19)7-16(15)22-2)17-12(8-20)10-5-9(18)3-4-14(10)23-17/h3-7,12,17,20H,8H2,1-2H3/t12-,17+/m0/s1. The summed E-state index contributed by atoms with van der Waals surface area (Å²) in [4.78, 5) is 0. The van der Waals surface area contributed by atoms with Gasteiger partial charge in [0.25, 0.3) is 0 Å². The molecule has 1 N–H and O–H groups in total. The third-order valence-corrected chi connectivity index (χ3v) is 5.18. The largest absolute Gasteiger partial charge is 0.493 e. The fourth-order valence-corrected chi connectivity index (χ4v) is 3.79. The van der Waals surface area contributed by atoms with E-state index in [1.54, 1.807) is 14.2 Å². The van der Waals surface area contributed by atoms with Crippen LogP contribution in [0.5, 0.6) is 17.2 Å². The van der Waals surface area contributed by atoms with Crippen molar-refractivity contribution in [2.75, 3.05) is 20.8 Å². The van der Waals surface area contributed by atoms with Gasteiger partial charge in [-0.25, -0.2) is 0 Å². The van der Waals surface area contributed by atoms with Gasteiger partial charge in [-0.2, -0.15) is 0 Å². The van der Waals surface area contributed by atoms with Gasteiger partial charge in [-0.3, -0.25) is 0 Å². The molecule has 0 bridgehead atoms. The fourth-order valence-electron chi connectivity index (χ4n) is 2.86. The first-order valence-corrected chi connectivity index (χ1v) is 8.66. The first-order valence-electron chi connectivity index (χ1n) is 7.07. The van der Waals surface area contributed by atoms with Gasteiger partial charge in [-0.15, -0.1) is 0 Å². The molecule has 23 heavy (non-hydrogen) atoms. The third-order valence-electron chi connectivity index (χ3n) is 4.00. The molecule has 1 heterocycles. The van der Waals surface area contributed by atoms with Gasteiger partial charge in [0.15, 0.2) is 11.5 Å². The molecule has 1 aliphatic heterocycles. The van der Waals surface area contributed by atoms with Gasteiger partial charge >= 0.3 is 0 Å². The topological polar surface area (TPSA) is 47.9 Å². The minimum Gasteiger partial charge on any atom is -0.493 e. The number of hydrogen-bond acceptors (Lipinski definition) is 4. The number of rotatable bonds is 4. The summed E-state index contributed by atoms with van der Waals surface area (Å²) in [6.45, 7) is -0.00505. The van der Waals surface area contributed by atoms with Crippen molar-refractivity contribution in [2.45, 2.75) is 12.0 Å². The molecule has 2 aromatic carbocycles. The predicted molar refractivity (Wildman–Crippen MR) is 94.6 cm³/mol. The summed E-state index contributed by atoms with van der Waals surface area (Å²) in [5.41, 5.74) is 1.91. The number of benzene rings is 2. The van der Waals surface area contributed by atoms with E-state index >= 15 is 0 Å². The van der Waals surface area contributed by atoms with Gasteiger partial charge in [0.05, 0.1) is 26.7 Å². The lowest BCUT2D eigenvalue weighted by Gasteiger charge is -2.20. The maximum Gasteiger partial charge on any atom is 0.161 e. The molecule has 0 spiro atoms.